The van der Waals surface area contributed by atoms with Crippen LogP contribution in [0, 0.1) is 0 Å². The van der Waals surface area contributed by atoms with Gasteiger partial charge in [0.1, 0.15) is 5.82 Å². The monoisotopic (exact) mass is 326 g/mol. The fourth-order valence-electron chi connectivity index (χ4n) is 1.57. The summed E-state index contributed by atoms with van der Waals surface area (Å²) in [6.07, 6.45) is 1.69. The third-order valence-corrected chi connectivity index (χ3v) is 3.16. The van der Waals surface area contributed by atoms with E-state index >= 15 is 0 Å². The van der Waals surface area contributed by atoms with Crippen molar-refractivity contribution in [3.63, 3.8) is 0 Å². The Morgan fingerprint density at radius 1 is 1.28 bits per heavy atom. The highest BCUT2D eigenvalue weighted by atomic mass is 79.9. The topological polar surface area (TPSA) is 45.1 Å². The molecule has 94 valence electrons. The molecule has 0 spiro atoms. The molecule has 0 radical (unpaired) electrons. The lowest BCUT2D eigenvalue weighted by atomic mass is 10.1. The number of nitrogens with zero attached hydrogens (tertiary/aromatic N) is 1. The van der Waals surface area contributed by atoms with Gasteiger partial charge in [-0.15, -0.1) is 0 Å². The Kier molecular flexibility index (Phi) is 4.58. The Morgan fingerprint density at radius 2 is 2.06 bits per heavy atom. The quantitative estimate of drug-likeness (QED) is 0.902. The van der Waals surface area contributed by atoms with Crippen LogP contribution < -0.4 is 5.32 Å². The van der Waals surface area contributed by atoms with Gasteiger partial charge < -0.3 is 10.4 Å². The maximum atomic E-state index is 9.06. The number of benzene rings is 1. The predicted octanol–water partition coefficient (Wildman–Crippen LogP) is 3.60. The summed E-state index contributed by atoms with van der Waals surface area (Å²) in [6, 6.07) is 9.52. The second-order valence-electron chi connectivity index (χ2n) is 3.82. The number of pyridine rings is 1. The van der Waals surface area contributed by atoms with Gasteiger partial charge in [0, 0.05) is 17.2 Å². The van der Waals surface area contributed by atoms with Gasteiger partial charge in [-0.05, 0) is 33.1 Å². The highest BCUT2D eigenvalue weighted by molar-refractivity contribution is 9.10. The molecule has 0 atom stereocenters. The second kappa shape index (κ2) is 6.18. The van der Waals surface area contributed by atoms with E-state index < -0.39 is 0 Å². The third-order valence-electron chi connectivity index (χ3n) is 2.44. The molecule has 1 aromatic heterocycles. The zero-order chi connectivity index (χ0) is 13.0. The molecule has 0 fully saturated rings. The molecule has 1 heterocycles. The Bertz CT molecular complexity index is 548. The summed E-state index contributed by atoms with van der Waals surface area (Å²) >= 11 is 9.37. The lowest BCUT2D eigenvalue weighted by molar-refractivity contribution is 0.281. The van der Waals surface area contributed by atoms with E-state index in [4.69, 9.17) is 16.7 Å². The van der Waals surface area contributed by atoms with E-state index in [1.165, 1.54) is 0 Å². The second-order valence-corrected chi connectivity index (χ2v) is 5.14. The minimum absolute atomic E-state index is 0.0468. The number of rotatable bonds is 4. The normalized spacial score (nSPS) is 10.4. The molecule has 2 rings (SSSR count). The van der Waals surface area contributed by atoms with Gasteiger partial charge >= 0.3 is 0 Å². The maximum Gasteiger partial charge on any atom is 0.145 e. The van der Waals surface area contributed by atoms with Crippen LogP contribution in [0.5, 0.6) is 0 Å². The summed E-state index contributed by atoms with van der Waals surface area (Å²) < 4.78 is 0.848. The summed E-state index contributed by atoms with van der Waals surface area (Å²) in [6.45, 7) is 0.660. The molecule has 0 bridgehead atoms. The Labute approximate surface area is 119 Å². The molecular formula is C13H12BrClN2O. The SMILES string of the molecule is OCc1cccc(CNc2ncc(Br)cc2Cl)c1. The first-order valence-electron chi connectivity index (χ1n) is 5.42. The standard InChI is InChI=1S/C13H12BrClN2O/c14-11-5-12(15)13(17-7-11)16-6-9-2-1-3-10(4-9)8-18/h1-5,7,18H,6,8H2,(H,16,17). The van der Waals surface area contributed by atoms with Crippen LogP contribution in [-0.4, -0.2) is 10.1 Å². The van der Waals surface area contributed by atoms with Gasteiger partial charge in [-0.3, -0.25) is 0 Å². The smallest absolute Gasteiger partial charge is 0.145 e. The first kappa shape index (κ1) is 13.3. The fourth-order valence-corrected chi connectivity index (χ4v) is 2.26. The zero-order valence-electron chi connectivity index (χ0n) is 9.53. The molecule has 0 amide bonds. The van der Waals surface area contributed by atoms with Gasteiger partial charge in [0.05, 0.1) is 11.6 Å². The Hall–Kier alpha value is -1.10. The number of aliphatic hydroxyl groups excluding tert-OH is 1. The van der Waals surface area contributed by atoms with Crippen molar-refractivity contribution in [3.8, 4) is 0 Å². The van der Waals surface area contributed by atoms with Gasteiger partial charge in [0.2, 0.25) is 0 Å². The molecule has 2 N–H and O–H groups in total. The minimum atomic E-state index is 0.0468. The largest absolute Gasteiger partial charge is 0.392 e. The maximum absolute atomic E-state index is 9.06. The number of hydrogen-bond acceptors (Lipinski definition) is 3. The van der Waals surface area contributed by atoms with E-state index in [1.54, 1.807) is 12.3 Å². The van der Waals surface area contributed by atoms with E-state index in [2.05, 4.69) is 26.2 Å². The van der Waals surface area contributed by atoms with Crippen LogP contribution >= 0.6 is 27.5 Å². The van der Waals surface area contributed by atoms with Crippen molar-refractivity contribution in [2.24, 2.45) is 0 Å². The molecule has 0 aliphatic carbocycles. The highest BCUT2D eigenvalue weighted by Crippen LogP contribution is 2.23. The number of aliphatic hydroxyl groups is 1. The zero-order valence-corrected chi connectivity index (χ0v) is 11.9. The van der Waals surface area contributed by atoms with Crippen LogP contribution in [0.2, 0.25) is 5.02 Å². The molecule has 0 unspecified atom stereocenters. The van der Waals surface area contributed by atoms with Crippen molar-refractivity contribution in [1.82, 2.24) is 4.98 Å². The van der Waals surface area contributed by atoms with Gasteiger partial charge in [-0.1, -0.05) is 35.9 Å². The van der Waals surface area contributed by atoms with Crippen LogP contribution in [0.25, 0.3) is 0 Å². The van der Waals surface area contributed by atoms with Crippen molar-refractivity contribution in [2.45, 2.75) is 13.2 Å². The summed E-state index contributed by atoms with van der Waals surface area (Å²) in [5, 5.41) is 12.8. The van der Waals surface area contributed by atoms with Gasteiger partial charge in [-0.25, -0.2) is 4.98 Å². The van der Waals surface area contributed by atoms with E-state index in [9.17, 15) is 0 Å². The lowest BCUT2D eigenvalue weighted by Gasteiger charge is -2.08. The van der Waals surface area contributed by atoms with Crippen molar-refractivity contribution in [2.75, 3.05) is 5.32 Å². The van der Waals surface area contributed by atoms with Crippen molar-refractivity contribution in [3.05, 3.63) is 57.2 Å². The van der Waals surface area contributed by atoms with Crippen molar-refractivity contribution >= 4 is 33.3 Å². The van der Waals surface area contributed by atoms with Crippen molar-refractivity contribution in [1.29, 1.82) is 0 Å². The number of anilines is 1. The third kappa shape index (κ3) is 3.45. The Morgan fingerprint density at radius 3 is 2.78 bits per heavy atom. The lowest BCUT2D eigenvalue weighted by Crippen LogP contribution is -2.02. The molecule has 2 aromatic rings. The average molecular weight is 328 g/mol. The van der Waals surface area contributed by atoms with E-state index in [0.717, 1.165) is 15.6 Å². The number of aromatic nitrogens is 1. The molecular weight excluding hydrogens is 316 g/mol. The summed E-state index contributed by atoms with van der Waals surface area (Å²) in [4.78, 5) is 4.20. The van der Waals surface area contributed by atoms with E-state index in [-0.39, 0.29) is 6.61 Å². The summed E-state index contributed by atoms with van der Waals surface area (Å²) in [7, 11) is 0. The molecule has 0 aliphatic rings. The van der Waals surface area contributed by atoms with Crippen LogP contribution in [0.3, 0.4) is 0 Å². The molecule has 0 saturated heterocycles. The first-order chi connectivity index (χ1) is 8.69. The summed E-state index contributed by atoms with van der Waals surface area (Å²) in [5.41, 5.74) is 1.96. The molecule has 5 heteroatoms. The highest BCUT2D eigenvalue weighted by Gasteiger charge is 2.02. The van der Waals surface area contributed by atoms with Gasteiger partial charge in [0.25, 0.3) is 0 Å². The predicted molar refractivity (Wildman–Crippen MR) is 76.6 cm³/mol. The first-order valence-corrected chi connectivity index (χ1v) is 6.60. The molecule has 1 aromatic carbocycles. The van der Waals surface area contributed by atoms with Crippen molar-refractivity contribution < 1.29 is 5.11 Å². The average Bonchev–Trinajstić information content (AvgIpc) is 2.38. The van der Waals surface area contributed by atoms with Crippen LogP contribution in [0.15, 0.2) is 41.0 Å². The molecule has 3 nitrogen and oxygen atoms in total. The summed E-state index contributed by atoms with van der Waals surface area (Å²) in [5.74, 6) is 0.647. The number of nitrogens with one attached hydrogen (secondary N) is 1. The van der Waals surface area contributed by atoms with Gasteiger partial charge in [-0.2, -0.15) is 0 Å². The van der Waals surface area contributed by atoms with Gasteiger partial charge in [0.15, 0.2) is 0 Å². The van der Waals surface area contributed by atoms with Crippen LogP contribution in [0.1, 0.15) is 11.1 Å². The molecule has 0 aliphatic heterocycles. The van der Waals surface area contributed by atoms with E-state index in [0.29, 0.717) is 17.4 Å². The fraction of sp³-hybridized carbons (Fsp3) is 0.154. The number of hydrogen-bond donors (Lipinski definition) is 2. The number of halogens is 2. The minimum Gasteiger partial charge on any atom is -0.392 e. The van der Waals surface area contributed by atoms with Crippen LogP contribution in [0.4, 0.5) is 5.82 Å². The van der Waals surface area contributed by atoms with Crippen LogP contribution in [-0.2, 0) is 13.2 Å². The molecule has 18 heavy (non-hydrogen) atoms. The molecule has 0 saturated carbocycles. The van der Waals surface area contributed by atoms with E-state index in [1.807, 2.05) is 24.3 Å². The Balaban J connectivity index is 2.06.